The van der Waals surface area contributed by atoms with E-state index in [1.54, 1.807) is 6.92 Å². The lowest BCUT2D eigenvalue weighted by Crippen LogP contribution is -2.30. The van der Waals surface area contributed by atoms with E-state index in [9.17, 15) is 9.59 Å². The second kappa shape index (κ2) is 8.21. The number of benzene rings is 2. The Morgan fingerprint density at radius 2 is 1.88 bits per heavy atom. The molecule has 0 heterocycles. The Kier molecular flexibility index (Phi) is 5.76. The lowest BCUT2D eigenvalue weighted by atomic mass is 10.1. The van der Waals surface area contributed by atoms with Gasteiger partial charge in [-0.15, -0.1) is 11.8 Å². The summed E-state index contributed by atoms with van der Waals surface area (Å²) in [4.78, 5) is 25.1. The van der Waals surface area contributed by atoms with Crippen molar-refractivity contribution in [3.8, 4) is 0 Å². The monoisotopic (exact) mass is 355 g/mol. The first-order valence-electron chi connectivity index (χ1n) is 8.42. The van der Waals surface area contributed by atoms with Crippen LogP contribution in [0.5, 0.6) is 0 Å². The Bertz CT molecular complexity index is 761. The van der Waals surface area contributed by atoms with E-state index in [1.807, 2.05) is 42.5 Å². The van der Waals surface area contributed by atoms with Gasteiger partial charge in [-0.3, -0.25) is 9.59 Å². The van der Waals surface area contributed by atoms with Crippen LogP contribution in [0.4, 0.5) is 5.69 Å². The first-order chi connectivity index (χ1) is 12.1. The summed E-state index contributed by atoms with van der Waals surface area (Å²) >= 11 is 1.39. The highest BCUT2D eigenvalue weighted by molar-refractivity contribution is 8.00. The zero-order valence-electron chi connectivity index (χ0n) is 14.2. The van der Waals surface area contributed by atoms with Crippen LogP contribution in [0.3, 0.4) is 0 Å². The van der Waals surface area contributed by atoms with Crippen LogP contribution in [0.25, 0.3) is 0 Å². The van der Waals surface area contributed by atoms with Crippen molar-refractivity contribution in [1.29, 1.82) is 0 Å². The van der Waals surface area contributed by atoms with Crippen LogP contribution in [0, 0.1) is 0 Å². The molecule has 4 nitrogen and oxygen atoms in total. The van der Waals surface area contributed by atoms with Gasteiger partial charge in [0.25, 0.3) is 5.91 Å². The average molecular weight is 355 g/mol. The van der Waals surface area contributed by atoms with E-state index in [4.69, 9.17) is 4.74 Å². The highest BCUT2D eigenvalue weighted by atomic mass is 32.2. The summed E-state index contributed by atoms with van der Waals surface area (Å²) in [6.45, 7) is 1.59. The molecule has 0 bridgehead atoms. The van der Waals surface area contributed by atoms with E-state index in [0.717, 1.165) is 23.4 Å². The lowest BCUT2D eigenvalue weighted by Gasteiger charge is -2.14. The summed E-state index contributed by atoms with van der Waals surface area (Å²) in [5.74, 6) is -0.526. The Balaban J connectivity index is 1.48. The SMILES string of the molecule is C[C@H](OC(=O)CSc1ccccc1)C(=O)Nc1ccc2c(c1)CCC2. The number of ether oxygens (including phenoxy) is 1. The van der Waals surface area contributed by atoms with Gasteiger partial charge in [0.1, 0.15) is 0 Å². The number of hydrogen-bond donors (Lipinski definition) is 1. The molecular formula is C20H21NO3S. The average Bonchev–Trinajstić information content (AvgIpc) is 3.08. The highest BCUT2D eigenvalue weighted by Crippen LogP contribution is 2.25. The third-order valence-corrected chi connectivity index (χ3v) is 5.13. The zero-order valence-corrected chi connectivity index (χ0v) is 15.0. The number of aryl methyl sites for hydroxylation is 2. The predicted molar refractivity (Wildman–Crippen MR) is 99.8 cm³/mol. The van der Waals surface area contributed by atoms with Crippen LogP contribution in [-0.2, 0) is 27.2 Å². The molecule has 0 saturated carbocycles. The summed E-state index contributed by atoms with van der Waals surface area (Å²) in [5, 5.41) is 2.83. The van der Waals surface area contributed by atoms with E-state index in [0.29, 0.717) is 0 Å². The van der Waals surface area contributed by atoms with Gasteiger partial charge in [-0.2, -0.15) is 0 Å². The van der Waals surface area contributed by atoms with E-state index < -0.39 is 12.1 Å². The molecule has 0 radical (unpaired) electrons. The Morgan fingerprint density at radius 1 is 1.12 bits per heavy atom. The second-order valence-corrected chi connectivity index (χ2v) is 7.11. The molecule has 1 atom stereocenters. The molecule has 0 fully saturated rings. The first kappa shape index (κ1) is 17.5. The normalized spacial score (nSPS) is 13.8. The summed E-state index contributed by atoms with van der Waals surface area (Å²) in [6, 6.07) is 15.6. The number of hydrogen-bond acceptors (Lipinski definition) is 4. The molecule has 130 valence electrons. The molecule has 0 aliphatic heterocycles. The van der Waals surface area contributed by atoms with Crippen molar-refractivity contribution >= 4 is 29.3 Å². The number of carbonyl (C=O) groups is 2. The van der Waals surface area contributed by atoms with Gasteiger partial charge in [0.2, 0.25) is 0 Å². The largest absolute Gasteiger partial charge is 0.452 e. The Morgan fingerprint density at radius 3 is 2.68 bits per heavy atom. The van der Waals surface area contributed by atoms with Gasteiger partial charge in [-0.25, -0.2) is 0 Å². The van der Waals surface area contributed by atoms with Crippen LogP contribution in [0.1, 0.15) is 24.5 Å². The molecule has 0 unspecified atom stereocenters. The van der Waals surface area contributed by atoms with Crippen molar-refractivity contribution in [2.24, 2.45) is 0 Å². The van der Waals surface area contributed by atoms with Crippen molar-refractivity contribution in [2.75, 3.05) is 11.1 Å². The molecule has 3 rings (SSSR count). The van der Waals surface area contributed by atoms with Gasteiger partial charge in [-0.1, -0.05) is 24.3 Å². The number of esters is 1. The minimum Gasteiger partial charge on any atom is -0.452 e. The molecule has 0 spiro atoms. The molecule has 2 aromatic carbocycles. The third-order valence-electron chi connectivity index (χ3n) is 4.14. The molecule has 0 saturated heterocycles. The fourth-order valence-corrected chi connectivity index (χ4v) is 3.54. The van der Waals surface area contributed by atoms with Crippen LogP contribution in [0.15, 0.2) is 53.4 Å². The van der Waals surface area contributed by atoms with Gasteiger partial charge in [0, 0.05) is 10.6 Å². The van der Waals surface area contributed by atoms with Gasteiger partial charge >= 0.3 is 5.97 Å². The predicted octanol–water partition coefficient (Wildman–Crippen LogP) is 3.84. The minimum absolute atomic E-state index is 0.181. The van der Waals surface area contributed by atoms with Crippen molar-refractivity contribution < 1.29 is 14.3 Å². The molecule has 1 amide bonds. The van der Waals surface area contributed by atoms with Crippen LogP contribution >= 0.6 is 11.8 Å². The van der Waals surface area contributed by atoms with E-state index in [1.165, 1.54) is 29.3 Å². The van der Waals surface area contributed by atoms with Gasteiger partial charge in [-0.05, 0) is 61.6 Å². The van der Waals surface area contributed by atoms with Crippen LogP contribution in [-0.4, -0.2) is 23.7 Å². The van der Waals surface area contributed by atoms with Gasteiger partial charge in [0.05, 0.1) is 5.75 Å². The Hall–Kier alpha value is -2.27. The quantitative estimate of drug-likeness (QED) is 0.632. The number of nitrogens with one attached hydrogen (secondary N) is 1. The van der Waals surface area contributed by atoms with Crippen molar-refractivity contribution in [1.82, 2.24) is 0 Å². The van der Waals surface area contributed by atoms with Gasteiger partial charge < -0.3 is 10.1 Å². The lowest BCUT2D eigenvalue weighted by molar-refractivity contribution is -0.150. The molecule has 1 aliphatic rings. The fourth-order valence-electron chi connectivity index (χ4n) is 2.84. The van der Waals surface area contributed by atoms with Crippen LogP contribution < -0.4 is 5.32 Å². The summed E-state index contributed by atoms with van der Waals surface area (Å²) in [7, 11) is 0. The highest BCUT2D eigenvalue weighted by Gasteiger charge is 2.19. The molecular weight excluding hydrogens is 334 g/mol. The molecule has 0 aromatic heterocycles. The molecule has 1 N–H and O–H groups in total. The molecule has 5 heteroatoms. The number of fused-ring (bicyclic) bond motifs is 1. The number of thioether (sulfide) groups is 1. The molecule has 1 aliphatic carbocycles. The number of amides is 1. The number of carbonyl (C=O) groups excluding carboxylic acids is 2. The van der Waals surface area contributed by atoms with Crippen LogP contribution in [0.2, 0.25) is 0 Å². The topological polar surface area (TPSA) is 55.4 Å². The van der Waals surface area contributed by atoms with Crippen molar-refractivity contribution in [2.45, 2.75) is 37.2 Å². The number of rotatable bonds is 6. The molecule has 2 aromatic rings. The van der Waals surface area contributed by atoms with Gasteiger partial charge in [0.15, 0.2) is 6.10 Å². The maximum Gasteiger partial charge on any atom is 0.317 e. The minimum atomic E-state index is -0.822. The fraction of sp³-hybridized carbons (Fsp3) is 0.300. The summed E-state index contributed by atoms with van der Waals surface area (Å²) in [5.41, 5.74) is 3.41. The van der Waals surface area contributed by atoms with Crippen molar-refractivity contribution in [3.63, 3.8) is 0 Å². The van der Waals surface area contributed by atoms with Crippen molar-refractivity contribution in [3.05, 3.63) is 59.7 Å². The second-order valence-electron chi connectivity index (χ2n) is 6.06. The zero-order chi connectivity index (χ0) is 17.6. The number of anilines is 1. The smallest absolute Gasteiger partial charge is 0.317 e. The third kappa shape index (κ3) is 4.86. The maximum absolute atomic E-state index is 12.2. The van der Waals surface area contributed by atoms with E-state index >= 15 is 0 Å². The molecule has 25 heavy (non-hydrogen) atoms. The maximum atomic E-state index is 12.2. The Labute approximate surface area is 152 Å². The summed E-state index contributed by atoms with van der Waals surface area (Å²) in [6.07, 6.45) is 2.51. The standard InChI is InChI=1S/C20H21NO3S/c1-14(24-19(22)13-25-18-8-3-2-4-9-18)20(23)21-17-11-10-15-6-5-7-16(15)12-17/h2-4,8-12,14H,5-7,13H2,1H3,(H,21,23)/t14-/m0/s1. The first-order valence-corrected chi connectivity index (χ1v) is 9.40. The summed E-state index contributed by atoms with van der Waals surface area (Å²) < 4.78 is 5.23. The van der Waals surface area contributed by atoms with E-state index in [-0.39, 0.29) is 11.7 Å². The van der Waals surface area contributed by atoms with E-state index in [2.05, 4.69) is 11.4 Å².